The van der Waals surface area contributed by atoms with E-state index in [-0.39, 0.29) is 36.7 Å². The Labute approximate surface area is 272 Å². The zero-order chi connectivity index (χ0) is 31.9. The fourth-order valence-corrected chi connectivity index (χ4v) is 6.91. The molecule has 8 rings (SSSR count). The second kappa shape index (κ2) is 11.7. The first-order valence-corrected chi connectivity index (χ1v) is 14.8. The van der Waals surface area contributed by atoms with Crippen LogP contribution in [0.1, 0.15) is 38.3 Å². The van der Waals surface area contributed by atoms with Gasteiger partial charge in [-0.15, -0.1) is 0 Å². The van der Waals surface area contributed by atoms with Crippen LogP contribution in [0.4, 0.5) is 0 Å². The molecule has 7 N–H and O–H groups in total. The van der Waals surface area contributed by atoms with Gasteiger partial charge in [0.2, 0.25) is 0 Å². The summed E-state index contributed by atoms with van der Waals surface area (Å²) < 4.78 is 7.70. The first kappa shape index (κ1) is 31.2. The molecule has 5 atom stereocenters. The van der Waals surface area contributed by atoms with Crippen molar-refractivity contribution in [2.45, 2.75) is 43.8 Å². The lowest BCUT2D eigenvalue weighted by Gasteiger charge is -2.41. The first-order valence-electron chi connectivity index (χ1n) is 14.8. The summed E-state index contributed by atoms with van der Waals surface area (Å²) in [6, 6.07) is 19.6. The third-order valence-corrected chi connectivity index (χ3v) is 9.00. The van der Waals surface area contributed by atoms with Crippen LogP contribution in [-0.2, 0) is 17.9 Å². The van der Waals surface area contributed by atoms with Crippen molar-refractivity contribution in [2.24, 2.45) is 0 Å². The Morgan fingerprint density at radius 2 is 1.49 bits per heavy atom. The average molecular weight is 659 g/mol. The van der Waals surface area contributed by atoms with Crippen LogP contribution < -0.4 is 17.8 Å². The standard InChI is InChI=1S/C33H29N5O8.ClH/c39-13-16-7-5-6-15(35-16)12-34-38-31(44)24-22-17-8-1-3-10-19(17)36-26(22)27-23(25(24)32(38)45)18-9-2-4-11-20(18)37(27)33-30(43)29(42)28(41)21(14-40)46-33;/h1-11,21,28-30,33-34,36,39-43H,12-14H2;1H/p-1/t21-,28-,29+,30-,33?;/m0./s1. The van der Waals surface area contributed by atoms with E-state index in [0.717, 1.165) is 5.01 Å². The molecule has 0 spiro atoms. The van der Waals surface area contributed by atoms with Gasteiger partial charge in [-0.05, 0) is 24.3 Å². The fraction of sp³-hybridized carbons (Fsp3) is 0.242. The summed E-state index contributed by atoms with van der Waals surface area (Å²) >= 11 is 0. The summed E-state index contributed by atoms with van der Waals surface area (Å²) in [4.78, 5) is 36.3. The Hall–Kier alpha value is -4.44. The number of para-hydroxylation sites is 2. The summed E-state index contributed by atoms with van der Waals surface area (Å²) in [5, 5.41) is 55.2. The third kappa shape index (κ3) is 4.47. The molecular formula is C33H29ClN5O8-. The van der Waals surface area contributed by atoms with E-state index in [1.165, 1.54) is 0 Å². The zero-order valence-electron chi connectivity index (χ0n) is 24.5. The van der Waals surface area contributed by atoms with Crippen molar-refractivity contribution >= 4 is 55.4 Å². The molecule has 13 nitrogen and oxygen atoms in total. The minimum atomic E-state index is -1.64. The van der Waals surface area contributed by atoms with Crippen molar-refractivity contribution in [3.63, 3.8) is 0 Å². The number of hydrogen-bond acceptors (Lipinski definition) is 10. The van der Waals surface area contributed by atoms with Gasteiger partial charge in [0.1, 0.15) is 24.4 Å². The molecule has 0 bridgehead atoms. The molecule has 5 heterocycles. The van der Waals surface area contributed by atoms with Gasteiger partial charge in [-0.3, -0.25) is 14.6 Å². The number of aliphatic hydroxyl groups is 5. The highest BCUT2D eigenvalue weighted by Gasteiger charge is 2.47. The van der Waals surface area contributed by atoms with Gasteiger partial charge in [0.15, 0.2) is 6.23 Å². The normalized spacial score (nSPS) is 22.9. The predicted octanol–water partition coefficient (Wildman–Crippen LogP) is -1.41. The van der Waals surface area contributed by atoms with Crippen molar-refractivity contribution in [1.82, 2.24) is 25.0 Å². The highest BCUT2D eigenvalue weighted by molar-refractivity contribution is 6.39. The van der Waals surface area contributed by atoms with E-state index in [2.05, 4.69) is 15.4 Å². The number of carbonyl (C=O) groups is 2. The molecule has 1 saturated heterocycles. The number of benzene rings is 3. The number of halogens is 1. The summed E-state index contributed by atoms with van der Waals surface area (Å²) in [6.45, 7) is -0.832. The molecule has 6 aromatic rings. The fourth-order valence-electron chi connectivity index (χ4n) is 6.91. The number of fused-ring (bicyclic) bond motifs is 10. The molecule has 0 radical (unpaired) electrons. The Morgan fingerprint density at radius 3 is 2.23 bits per heavy atom. The molecule has 47 heavy (non-hydrogen) atoms. The van der Waals surface area contributed by atoms with Gasteiger partial charge in [-0.1, -0.05) is 42.5 Å². The molecule has 0 saturated carbocycles. The van der Waals surface area contributed by atoms with E-state index in [1.807, 2.05) is 24.3 Å². The second-order valence-electron chi connectivity index (χ2n) is 11.6. The topological polar surface area (TPSA) is 193 Å². The molecule has 2 amide bonds. The number of ether oxygens (including phenoxy) is 1. The summed E-state index contributed by atoms with van der Waals surface area (Å²) in [6.07, 6.45) is -7.26. The molecule has 3 aromatic heterocycles. The highest BCUT2D eigenvalue weighted by atomic mass is 35.5. The number of hydrazine groups is 1. The number of amides is 2. The van der Waals surface area contributed by atoms with E-state index in [1.54, 1.807) is 47.0 Å². The number of nitrogens with one attached hydrogen (secondary N) is 2. The van der Waals surface area contributed by atoms with Crippen LogP contribution in [0, 0.1) is 0 Å². The minimum absolute atomic E-state index is 0. The average Bonchev–Trinajstić information content (AvgIpc) is 3.70. The molecule has 3 aromatic carbocycles. The molecule has 0 aliphatic carbocycles. The number of H-pyrrole nitrogens is 1. The van der Waals surface area contributed by atoms with Gasteiger partial charge < -0.3 is 52.2 Å². The number of aromatic nitrogens is 3. The molecule has 14 heteroatoms. The van der Waals surface area contributed by atoms with Crippen LogP contribution >= 0.6 is 0 Å². The van der Waals surface area contributed by atoms with Gasteiger partial charge in [0, 0.05) is 27.1 Å². The van der Waals surface area contributed by atoms with Gasteiger partial charge >= 0.3 is 0 Å². The van der Waals surface area contributed by atoms with Gasteiger partial charge in [0.05, 0.1) is 58.8 Å². The summed E-state index contributed by atoms with van der Waals surface area (Å²) in [5.74, 6) is -1.15. The van der Waals surface area contributed by atoms with Crippen LogP contribution in [0.25, 0.3) is 43.6 Å². The maximum Gasteiger partial charge on any atom is 0.276 e. The number of rotatable bonds is 6. The van der Waals surface area contributed by atoms with Crippen LogP contribution in [0.15, 0.2) is 66.7 Å². The SMILES string of the molecule is O=C1c2c(c3c4ccccc4n(C4O[C@@H](CO)[C@H](O)[C@@H](O)[C@@H]4O)c3c3[nH]c4ccccc4c23)C(=O)N1NCc1cccc(CO)n1.[Cl-]. The summed E-state index contributed by atoms with van der Waals surface area (Å²) in [5.41, 5.74) is 6.44. The molecule has 1 fully saturated rings. The number of pyridine rings is 1. The lowest BCUT2D eigenvalue weighted by atomic mass is 9.96. The van der Waals surface area contributed by atoms with Crippen molar-refractivity contribution < 1.29 is 52.3 Å². The van der Waals surface area contributed by atoms with Crippen LogP contribution in [0.3, 0.4) is 0 Å². The molecular weight excluding hydrogens is 630 g/mol. The Balaban J connectivity index is 0.00000351. The Morgan fingerprint density at radius 1 is 0.809 bits per heavy atom. The Bertz CT molecular complexity index is 2210. The maximum absolute atomic E-state index is 14.3. The van der Waals surface area contributed by atoms with E-state index >= 15 is 0 Å². The molecule has 2 aliphatic heterocycles. The van der Waals surface area contributed by atoms with Crippen molar-refractivity contribution in [3.8, 4) is 0 Å². The summed E-state index contributed by atoms with van der Waals surface area (Å²) in [7, 11) is 0. The number of imide groups is 1. The lowest BCUT2D eigenvalue weighted by Crippen LogP contribution is -3.00. The third-order valence-electron chi connectivity index (χ3n) is 9.00. The van der Waals surface area contributed by atoms with Crippen LogP contribution in [0.2, 0.25) is 0 Å². The predicted molar refractivity (Wildman–Crippen MR) is 165 cm³/mol. The zero-order valence-corrected chi connectivity index (χ0v) is 25.3. The number of hydrogen-bond donors (Lipinski definition) is 7. The van der Waals surface area contributed by atoms with Gasteiger partial charge in [0.25, 0.3) is 11.8 Å². The first-order chi connectivity index (χ1) is 22.3. The number of aromatic amines is 1. The quantitative estimate of drug-likeness (QED) is 0.105. The van der Waals surface area contributed by atoms with Crippen molar-refractivity contribution in [3.05, 3.63) is 89.2 Å². The van der Waals surface area contributed by atoms with E-state index in [4.69, 9.17) is 4.74 Å². The van der Waals surface area contributed by atoms with Crippen LogP contribution in [-0.4, -0.2) is 87.9 Å². The Kier molecular flexibility index (Phi) is 7.74. The number of carbonyl (C=O) groups excluding carboxylic acids is 2. The molecule has 242 valence electrons. The second-order valence-corrected chi connectivity index (χ2v) is 11.6. The molecule has 2 aliphatic rings. The largest absolute Gasteiger partial charge is 1.00 e. The monoisotopic (exact) mass is 658 g/mol. The lowest BCUT2D eigenvalue weighted by molar-refractivity contribution is -0.249. The van der Waals surface area contributed by atoms with E-state index in [9.17, 15) is 35.1 Å². The number of nitrogens with zero attached hydrogens (tertiary/aromatic N) is 3. The molecule has 1 unspecified atom stereocenters. The maximum atomic E-state index is 14.3. The van der Waals surface area contributed by atoms with Crippen molar-refractivity contribution in [1.29, 1.82) is 0 Å². The van der Waals surface area contributed by atoms with Gasteiger partial charge in [-0.25, -0.2) is 10.4 Å². The van der Waals surface area contributed by atoms with Gasteiger partial charge in [-0.2, -0.15) is 0 Å². The van der Waals surface area contributed by atoms with Crippen molar-refractivity contribution in [2.75, 3.05) is 6.61 Å². The highest BCUT2D eigenvalue weighted by Crippen LogP contribution is 2.47. The van der Waals surface area contributed by atoms with Crippen LogP contribution in [0.5, 0.6) is 0 Å². The van der Waals surface area contributed by atoms with E-state index in [0.29, 0.717) is 55.0 Å². The number of aliphatic hydroxyl groups excluding tert-OH is 5. The smallest absolute Gasteiger partial charge is 0.276 e. The minimum Gasteiger partial charge on any atom is -1.00 e. The van der Waals surface area contributed by atoms with E-state index < -0.39 is 49.1 Å².